The molecule has 1 heterocycles. The van der Waals surface area contributed by atoms with Gasteiger partial charge in [-0.1, -0.05) is 13.8 Å². The molecule has 0 N–H and O–H groups in total. The Morgan fingerprint density at radius 1 is 1.19 bits per heavy atom. The minimum atomic E-state index is 0.677. The van der Waals surface area contributed by atoms with Crippen molar-refractivity contribution < 1.29 is 4.74 Å². The predicted molar refractivity (Wildman–Crippen MR) is 85.3 cm³/mol. The molecule has 1 aliphatic heterocycles. The lowest BCUT2D eigenvalue weighted by Gasteiger charge is -2.35. The number of ether oxygens (including phenoxy) is 1. The maximum absolute atomic E-state index is 8.74. The average molecular weight is 286 g/mol. The SMILES string of the molecule is CC1CCN(CCCCOc2ccc(C#N)cc2)CC1C. The standard InChI is InChI=1S/C18H26N2O/c1-15-9-11-20(14-16(15)2)10-3-4-12-21-18-7-5-17(13-19)6-8-18/h5-8,15-16H,3-4,9-12,14H2,1-2H3. The second-order valence-corrected chi connectivity index (χ2v) is 6.24. The Morgan fingerprint density at radius 2 is 1.95 bits per heavy atom. The fourth-order valence-electron chi connectivity index (χ4n) is 2.81. The lowest BCUT2D eigenvalue weighted by molar-refractivity contribution is 0.134. The Kier molecular flexibility index (Phi) is 6.07. The summed E-state index contributed by atoms with van der Waals surface area (Å²) in [5.41, 5.74) is 0.677. The first-order chi connectivity index (χ1) is 10.2. The van der Waals surface area contributed by atoms with E-state index in [0.29, 0.717) is 5.56 Å². The van der Waals surface area contributed by atoms with Crippen LogP contribution < -0.4 is 4.74 Å². The van der Waals surface area contributed by atoms with Crippen LogP contribution in [-0.2, 0) is 0 Å². The quantitative estimate of drug-likeness (QED) is 0.748. The monoisotopic (exact) mass is 286 g/mol. The molecule has 0 radical (unpaired) electrons. The molecule has 21 heavy (non-hydrogen) atoms. The molecule has 2 unspecified atom stereocenters. The number of nitrogens with zero attached hydrogens (tertiary/aromatic N) is 2. The fraction of sp³-hybridized carbons (Fsp3) is 0.611. The number of unbranched alkanes of at least 4 members (excludes halogenated alkanes) is 1. The van der Waals surface area contributed by atoms with Crippen LogP contribution >= 0.6 is 0 Å². The van der Waals surface area contributed by atoms with Crippen LogP contribution in [0, 0.1) is 23.2 Å². The molecule has 1 aromatic rings. The minimum Gasteiger partial charge on any atom is -0.494 e. The molecular formula is C18H26N2O. The Hall–Kier alpha value is -1.53. The van der Waals surface area contributed by atoms with E-state index in [1.54, 1.807) is 12.1 Å². The number of rotatable bonds is 6. The zero-order valence-electron chi connectivity index (χ0n) is 13.2. The average Bonchev–Trinajstić information content (AvgIpc) is 2.51. The highest BCUT2D eigenvalue weighted by Gasteiger charge is 2.21. The normalized spacial score (nSPS) is 22.7. The van der Waals surface area contributed by atoms with E-state index in [1.807, 2.05) is 12.1 Å². The van der Waals surface area contributed by atoms with E-state index in [2.05, 4.69) is 24.8 Å². The van der Waals surface area contributed by atoms with Gasteiger partial charge in [0.1, 0.15) is 5.75 Å². The van der Waals surface area contributed by atoms with Gasteiger partial charge >= 0.3 is 0 Å². The van der Waals surface area contributed by atoms with Crippen LogP contribution in [0.2, 0.25) is 0 Å². The summed E-state index contributed by atoms with van der Waals surface area (Å²) >= 11 is 0. The van der Waals surface area contributed by atoms with Gasteiger partial charge in [0.05, 0.1) is 18.2 Å². The van der Waals surface area contributed by atoms with Crippen molar-refractivity contribution >= 4 is 0 Å². The summed E-state index contributed by atoms with van der Waals surface area (Å²) < 4.78 is 5.71. The molecule has 2 rings (SSSR count). The molecule has 0 bridgehead atoms. The fourth-order valence-corrected chi connectivity index (χ4v) is 2.81. The van der Waals surface area contributed by atoms with Crippen LogP contribution in [-0.4, -0.2) is 31.1 Å². The molecule has 3 heteroatoms. The smallest absolute Gasteiger partial charge is 0.119 e. The van der Waals surface area contributed by atoms with Crippen LogP contribution in [0.5, 0.6) is 5.75 Å². The summed E-state index contributed by atoms with van der Waals surface area (Å²) in [7, 11) is 0. The Morgan fingerprint density at radius 3 is 2.62 bits per heavy atom. The summed E-state index contributed by atoms with van der Waals surface area (Å²) in [6.45, 7) is 9.18. The van der Waals surface area contributed by atoms with E-state index in [4.69, 9.17) is 10.00 Å². The molecule has 0 aliphatic carbocycles. The Bertz CT molecular complexity index is 463. The highest BCUT2D eigenvalue weighted by Crippen LogP contribution is 2.22. The third kappa shape index (κ3) is 5.06. The van der Waals surface area contributed by atoms with Gasteiger partial charge in [0.25, 0.3) is 0 Å². The van der Waals surface area contributed by atoms with E-state index < -0.39 is 0 Å². The maximum Gasteiger partial charge on any atom is 0.119 e. The Labute approximate surface area is 128 Å². The Balaban J connectivity index is 1.58. The topological polar surface area (TPSA) is 36.3 Å². The van der Waals surface area contributed by atoms with E-state index >= 15 is 0 Å². The molecule has 0 spiro atoms. The summed E-state index contributed by atoms with van der Waals surface area (Å²) in [6, 6.07) is 9.44. The number of piperidine rings is 1. The summed E-state index contributed by atoms with van der Waals surface area (Å²) in [6.07, 6.45) is 3.61. The number of nitriles is 1. The van der Waals surface area contributed by atoms with Crippen molar-refractivity contribution in [1.29, 1.82) is 5.26 Å². The lowest BCUT2D eigenvalue weighted by Crippen LogP contribution is -2.38. The van der Waals surface area contributed by atoms with Gasteiger partial charge < -0.3 is 9.64 Å². The van der Waals surface area contributed by atoms with Gasteiger partial charge in [-0.25, -0.2) is 0 Å². The van der Waals surface area contributed by atoms with Crippen molar-refractivity contribution in [2.45, 2.75) is 33.1 Å². The molecule has 114 valence electrons. The van der Waals surface area contributed by atoms with Gasteiger partial charge in [0, 0.05) is 6.54 Å². The zero-order valence-corrected chi connectivity index (χ0v) is 13.2. The first-order valence-corrected chi connectivity index (χ1v) is 8.04. The largest absolute Gasteiger partial charge is 0.494 e. The van der Waals surface area contributed by atoms with Crippen molar-refractivity contribution in [3.63, 3.8) is 0 Å². The molecule has 2 atom stereocenters. The maximum atomic E-state index is 8.74. The third-order valence-corrected chi connectivity index (χ3v) is 4.54. The molecule has 0 aromatic heterocycles. The molecule has 3 nitrogen and oxygen atoms in total. The first kappa shape index (κ1) is 15.9. The molecule has 1 aromatic carbocycles. The van der Waals surface area contributed by atoms with Crippen LogP contribution in [0.4, 0.5) is 0 Å². The van der Waals surface area contributed by atoms with Crippen LogP contribution in [0.1, 0.15) is 38.7 Å². The first-order valence-electron chi connectivity index (χ1n) is 8.04. The van der Waals surface area contributed by atoms with Crippen molar-refractivity contribution in [3.05, 3.63) is 29.8 Å². The van der Waals surface area contributed by atoms with Gasteiger partial charge in [-0.05, 0) is 68.5 Å². The third-order valence-electron chi connectivity index (χ3n) is 4.54. The number of benzene rings is 1. The van der Waals surface area contributed by atoms with Crippen LogP contribution in [0.25, 0.3) is 0 Å². The minimum absolute atomic E-state index is 0.677. The van der Waals surface area contributed by atoms with Gasteiger partial charge in [-0.3, -0.25) is 0 Å². The van der Waals surface area contributed by atoms with Crippen molar-refractivity contribution in [3.8, 4) is 11.8 Å². The zero-order chi connectivity index (χ0) is 15.1. The van der Waals surface area contributed by atoms with Gasteiger partial charge in [-0.15, -0.1) is 0 Å². The van der Waals surface area contributed by atoms with Crippen molar-refractivity contribution in [2.75, 3.05) is 26.2 Å². The molecule has 1 aliphatic rings. The second kappa shape index (κ2) is 8.05. The van der Waals surface area contributed by atoms with E-state index in [9.17, 15) is 0 Å². The van der Waals surface area contributed by atoms with E-state index in [0.717, 1.165) is 30.6 Å². The highest BCUT2D eigenvalue weighted by atomic mass is 16.5. The molecular weight excluding hydrogens is 260 g/mol. The van der Waals surface area contributed by atoms with Crippen LogP contribution in [0.3, 0.4) is 0 Å². The van der Waals surface area contributed by atoms with E-state index in [-0.39, 0.29) is 0 Å². The van der Waals surface area contributed by atoms with Gasteiger partial charge in [0.2, 0.25) is 0 Å². The summed E-state index contributed by atoms with van der Waals surface area (Å²) in [5, 5.41) is 8.74. The highest BCUT2D eigenvalue weighted by molar-refractivity contribution is 5.34. The molecule has 0 amide bonds. The molecule has 1 saturated heterocycles. The van der Waals surface area contributed by atoms with Crippen molar-refractivity contribution in [2.24, 2.45) is 11.8 Å². The summed E-state index contributed by atoms with van der Waals surface area (Å²) in [5.74, 6) is 2.56. The number of hydrogen-bond donors (Lipinski definition) is 0. The predicted octanol–water partition coefficient (Wildman–Crippen LogP) is 3.70. The number of likely N-dealkylation sites (tertiary alicyclic amines) is 1. The van der Waals surface area contributed by atoms with Gasteiger partial charge in [0.15, 0.2) is 0 Å². The summed E-state index contributed by atoms with van der Waals surface area (Å²) in [4.78, 5) is 2.59. The van der Waals surface area contributed by atoms with Crippen LogP contribution in [0.15, 0.2) is 24.3 Å². The molecule has 1 fully saturated rings. The lowest BCUT2D eigenvalue weighted by atomic mass is 9.88. The second-order valence-electron chi connectivity index (χ2n) is 6.24. The van der Waals surface area contributed by atoms with E-state index in [1.165, 1.54) is 32.5 Å². The molecule has 0 saturated carbocycles. The number of hydrogen-bond acceptors (Lipinski definition) is 3. The van der Waals surface area contributed by atoms with Gasteiger partial charge in [-0.2, -0.15) is 5.26 Å². The van der Waals surface area contributed by atoms with Crippen molar-refractivity contribution in [1.82, 2.24) is 4.90 Å².